The molecular formula is C21H15F2NO5. The van der Waals surface area contributed by atoms with Gasteiger partial charge < -0.3 is 14.5 Å². The number of hydrogen-bond acceptors (Lipinski definition) is 5. The lowest BCUT2D eigenvalue weighted by Gasteiger charge is -2.10. The lowest BCUT2D eigenvalue weighted by Crippen LogP contribution is -2.16. The molecule has 29 heavy (non-hydrogen) atoms. The molecule has 3 aromatic rings. The van der Waals surface area contributed by atoms with E-state index in [4.69, 9.17) is 9.15 Å². The summed E-state index contributed by atoms with van der Waals surface area (Å²) in [5.74, 6) is -4.13. The number of amides is 1. The predicted molar refractivity (Wildman–Crippen MR) is 98.8 cm³/mol. The van der Waals surface area contributed by atoms with Crippen molar-refractivity contribution in [3.05, 3.63) is 88.9 Å². The predicted octanol–water partition coefficient (Wildman–Crippen LogP) is 4.16. The van der Waals surface area contributed by atoms with Gasteiger partial charge in [-0.25, -0.2) is 13.6 Å². The van der Waals surface area contributed by atoms with Gasteiger partial charge in [-0.2, -0.15) is 0 Å². The first-order valence-electron chi connectivity index (χ1n) is 8.46. The second kappa shape index (κ2) is 8.47. The third-order valence-corrected chi connectivity index (χ3v) is 4.04. The lowest BCUT2D eigenvalue weighted by molar-refractivity contribution is 0.0474. The van der Waals surface area contributed by atoms with Crippen LogP contribution >= 0.6 is 0 Å². The number of ketones is 1. The van der Waals surface area contributed by atoms with Crippen LogP contribution in [-0.2, 0) is 4.74 Å². The molecule has 6 nitrogen and oxygen atoms in total. The van der Waals surface area contributed by atoms with E-state index in [0.717, 1.165) is 18.2 Å². The van der Waals surface area contributed by atoms with E-state index in [1.807, 2.05) is 0 Å². The molecule has 0 fully saturated rings. The summed E-state index contributed by atoms with van der Waals surface area (Å²) in [6.45, 7) is 1.09. The molecule has 1 aromatic heterocycles. The van der Waals surface area contributed by atoms with Gasteiger partial charge in [0.2, 0.25) is 0 Å². The molecule has 0 radical (unpaired) electrons. The Morgan fingerprint density at radius 3 is 2.45 bits per heavy atom. The summed E-state index contributed by atoms with van der Waals surface area (Å²) in [6.07, 6.45) is 1.36. The molecule has 2 aromatic carbocycles. The number of aryl methyl sites for hydroxylation is 1. The van der Waals surface area contributed by atoms with Gasteiger partial charge in [0.1, 0.15) is 0 Å². The summed E-state index contributed by atoms with van der Waals surface area (Å²) in [7, 11) is 0. The van der Waals surface area contributed by atoms with E-state index in [0.29, 0.717) is 11.3 Å². The molecule has 3 rings (SSSR count). The van der Waals surface area contributed by atoms with Crippen LogP contribution in [0.1, 0.15) is 36.8 Å². The Hall–Kier alpha value is -3.81. The largest absolute Gasteiger partial charge is 0.459 e. The minimum absolute atomic E-state index is 0.100. The minimum Gasteiger partial charge on any atom is -0.459 e. The van der Waals surface area contributed by atoms with Crippen molar-refractivity contribution < 1.29 is 32.3 Å². The van der Waals surface area contributed by atoms with Crippen LogP contribution in [0.2, 0.25) is 0 Å². The third kappa shape index (κ3) is 4.73. The molecule has 1 amide bonds. The molecular weight excluding hydrogens is 384 g/mol. The maximum Gasteiger partial charge on any atom is 0.338 e. The Balaban J connectivity index is 1.66. The standard InChI is InChI=1S/C21H15F2NO5/c1-12-4-5-14(10-17(12)24-20(26)19-3-2-8-28-19)21(27)29-11-18(25)13-6-7-15(22)16(23)9-13/h2-10H,11H2,1H3,(H,24,26). The number of Topliss-reactive ketones (excluding diaryl/α,β-unsaturated/α-hetero) is 1. The summed E-state index contributed by atoms with van der Waals surface area (Å²) < 4.78 is 36.1. The highest BCUT2D eigenvalue weighted by Crippen LogP contribution is 2.19. The Bertz CT molecular complexity index is 1080. The minimum atomic E-state index is -1.17. The van der Waals surface area contributed by atoms with E-state index < -0.39 is 35.9 Å². The van der Waals surface area contributed by atoms with E-state index in [1.54, 1.807) is 19.1 Å². The smallest absolute Gasteiger partial charge is 0.338 e. The van der Waals surface area contributed by atoms with Crippen LogP contribution in [0.25, 0.3) is 0 Å². The van der Waals surface area contributed by atoms with Crippen LogP contribution in [-0.4, -0.2) is 24.3 Å². The van der Waals surface area contributed by atoms with Gasteiger partial charge in [-0.15, -0.1) is 0 Å². The monoisotopic (exact) mass is 399 g/mol. The first-order valence-corrected chi connectivity index (χ1v) is 8.46. The summed E-state index contributed by atoms with van der Waals surface area (Å²) in [5, 5.41) is 2.63. The van der Waals surface area contributed by atoms with Crippen molar-refractivity contribution in [2.45, 2.75) is 6.92 Å². The van der Waals surface area contributed by atoms with Crippen LogP contribution in [0.15, 0.2) is 59.2 Å². The number of carbonyl (C=O) groups is 3. The van der Waals surface area contributed by atoms with Gasteiger partial charge in [-0.05, 0) is 55.0 Å². The van der Waals surface area contributed by atoms with Crippen LogP contribution in [0.4, 0.5) is 14.5 Å². The number of carbonyl (C=O) groups excluding carboxylic acids is 3. The first-order chi connectivity index (χ1) is 13.8. The quantitative estimate of drug-likeness (QED) is 0.497. The highest BCUT2D eigenvalue weighted by Gasteiger charge is 2.16. The highest BCUT2D eigenvalue weighted by atomic mass is 19.2. The summed E-state index contributed by atoms with van der Waals surface area (Å²) >= 11 is 0. The number of anilines is 1. The molecule has 0 unspecified atom stereocenters. The summed E-state index contributed by atoms with van der Waals surface area (Å²) in [4.78, 5) is 36.4. The fraction of sp³-hybridized carbons (Fsp3) is 0.0952. The summed E-state index contributed by atoms with van der Waals surface area (Å²) in [5.41, 5.74) is 1.04. The van der Waals surface area contributed by atoms with Crippen LogP contribution < -0.4 is 5.32 Å². The average Bonchev–Trinajstić information content (AvgIpc) is 3.24. The normalized spacial score (nSPS) is 10.4. The molecule has 0 saturated carbocycles. The Kier molecular flexibility index (Phi) is 5.82. The molecule has 1 heterocycles. The van der Waals surface area contributed by atoms with Crippen LogP contribution in [0.3, 0.4) is 0 Å². The van der Waals surface area contributed by atoms with Gasteiger partial charge in [-0.1, -0.05) is 6.07 Å². The zero-order chi connectivity index (χ0) is 21.0. The van der Waals surface area contributed by atoms with Crippen molar-refractivity contribution in [2.24, 2.45) is 0 Å². The van der Waals surface area contributed by atoms with Crippen molar-refractivity contribution in [2.75, 3.05) is 11.9 Å². The molecule has 0 bridgehead atoms. The number of ether oxygens (including phenoxy) is 1. The zero-order valence-electron chi connectivity index (χ0n) is 15.2. The molecule has 0 aliphatic heterocycles. The molecule has 0 spiro atoms. The second-order valence-corrected chi connectivity index (χ2v) is 6.09. The maximum absolute atomic E-state index is 13.2. The number of nitrogens with one attached hydrogen (secondary N) is 1. The van der Waals surface area contributed by atoms with E-state index in [1.165, 1.54) is 24.5 Å². The molecule has 8 heteroatoms. The van der Waals surface area contributed by atoms with Crippen molar-refractivity contribution in [1.29, 1.82) is 0 Å². The van der Waals surface area contributed by atoms with Gasteiger partial charge in [-0.3, -0.25) is 9.59 Å². The average molecular weight is 399 g/mol. The van der Waals surface area contributed by atoms with E-state index in [9.17, 15) is 23.2 Å². The Morgan fingerprint density at radius 1 is 1.00 bits per heavy atom. The van der Waals surface area contributed by atoms with Gasteiger partial charge in [0.05, 0.1) is 11.8 Å². The molecule has 0 atom stereocenters. The molecule has 1 N–H and O–H groups in total. The van der Waals surface area contributed by atoms with Gasteiger partial charge in [0.15, 0.2) is 29.8 Å². The fourth-order valence-corrected chi connectivity index (χ4v) is 2.44. The van der Waals surface area contributed by atoms with Crippen LogP contribution in [0.5, 0.6) is 0 Å². The van der Waals surface area contributed by atoms with Crippen molar-refractivity contribution in [3.8, 4) is 0 Å². The SMILES string of the molecule is Cc1ccc(C(=O)OCC(=O)c2ccc(F)c(F)c2)cc1NC(=O)c1ccco1. The maximum atomic E-state index is 13.2. The fourth-order valence-electron chi connectivity index (χ4n) is 2.44. The molecule has 0 aliphatic rings. The Labute approximate surface area is 164 Å². The van der Waals surface area contributed by atoms with Crippen molar-refractivity contribution >= 4 is 23.3 Å². The van der Waals surface area contributed by atoms with Gasteiger partial charge >= 0.3 is 5.97 Å². The highest BCUT2D eigenvalue weighted by molar-refractivity contribution is 6.04. The van der Waals surface area contributed by atoms with Crippen LogP contribution in [0, 0.1) is 18.6 Å². The number of benzene rings is 2. The van der Waals surface area contributed by atoms with E-state index >= 15 is 0 Å². The first kappa shape index (κ1) is 19.9. The summed E-state index contributed by atoms with van der Waals surface area (Å²) in [6, 6.07) is 10.2. The number of furan rings is 1. The van der Waals surface area contributed by atoms with E-state index in [2.05, 4.69) is 5.32 Å². The Morgan fingerprint density at radius 2 is 1.76 bits per heavy atom. The van der Waals surface area contributed by atoms with E-state index in [-0.39, 0.29) is 16.9 Å². The number of rotatable bonds is 6. The van der Waals surface area contributed by atoms with Crippen molar-refractivity contribution in [1.82, 2.24) is 0 Å². The number of hydrogen-bond donors (Lipinski definition) is 1. The molecule has 0 aliphatic carbocycles. The zero-order valence-corrected chi connectivity index (χ0v) is 15.2. The third-order valence-electron chi connectivity index (χ3n) is 4.04. The van der Waals surface area contributed by atoms with Crippen molar-refractivity contribution in [3.63, 3.8) is 0 Å². The number of esters is 1. The topological polar surface area (TPSA) is 85.6 Å². The number of halogens is 2. The molecule has 0 saturated heterocycles. The second-order valence-electron chi connectivity index (χ2n) is 6.09. The molecule has 148 valence electrons. The lowest BCUT2D eigenvalue weighted by atomic mass is 10.1. The van der Waals surface area contributed by atoms with Gasteiger partial charge in [0.25, 0.3) is 5.91 Å². The van der Waals surface area contributed by atoms with Gasteiger partial charge in [0, 0.05) is 11.3 Å².